The molecule has 0 fully saturated rings. The van der Waals surface area contributed by atoms with Crippen LogP contribution in [0.5, 0.6) is 0 Å². The predicted molar refractivity (Wildman–Crippen MR) is 122 cm³/mol. The molecule has 0 atom stereocenters. The lowest BCUT2D eigenvalue weighted by Gasteiger charge is -2.06. The first-order valence-corrected chi connectivity index (χ1v) is 10.2. The number of hydrogen-bond acceptors (Lipinski definition) is 5. The molecule has 0 aromatic heterocycles. The molecule has 154 valence electrons. The Labute approximate surface area is 184 Å². The van der Waals surface area contributed by atoms with Gasteiger partial charge in [0.15, 0.2) is 0 Å². The number of amides is 1. The van der Waals surface area contributed by atoms with Gasteiger partial charge in [-0.3, -0.25) is 14.9 Å². The summed E-state index contributed by atoms with van der Waals surface area (Å²) in [5.74, 6) is -0.577. The lowest BCUT2D eigenvalue weighted by atomic mass is 10.1. The van der Waals surface area contributed by atoms with Crippen LogP contribution in [0.15, 0.2) is 82.1 Å². The second-order valence-electron chi connectivity index (χ2n) is 6.89. The highest BCUT2D eigenvalue weighted by Crippen LogP contribution is 2.35. The van der Waals surface area contributed by atoms with Crippen molar-refractivity contribution >= 4 is 35.1 Å². The van der Waals surface area contributed by atoms with E-state index in [1.54, 1.807) is 24.3 Å². The van der Waals surface area contributed by atoms with Crippen molar-refractivity contribution in [2.24, 2.45) is 0 Å². The molecule has 0 unspecified atom stereocenters. The highest BCUT2D eigenvalue weighted by Gasteiger charge is 2.17. The van der Waals surface area contributed by atoms with Crippen LogP contribution in [0.4, 0.5) is 11.4 Å². The van der Waals surface area contributed by atoms with Crippen molar-refractivity contribution in [1.29, 1.82) is 5.26 Å². The van der Waals surface area contributed by atoms with Gasteiger partial charge in [0.1, 0.15) is 11.6 Å². The van der Waals surface area contributed by atoms with Gasteiger partial charge in [-0.15, -0.1) is 0 Å². The molecule has 0 saturated carbocycles. The van der Waals surface area contributed by atoms with Gasteiger partial charge in [-0.05, 0) is 55.8 Å². The van der Waals surface area contributed by atoms with E-state index in [1.807, 2.05) is 56.3 Å². The molecule has 1 amide bonds. The van der Waals surface area contributed by atoms with Crippen molar-refractivity contribution in [3.63, 3.8) is 0 Å². The molecule has 7 heteroatoms. The Morgan fingerprint density at radius 1 is 1.03 bits per heavy atom. The largest absolute Gasteiger partial charge is 0.321 e. The summed E-state index contributed by atoms with van der Waals surface area (Å²) >= 11 is 1.29. The van der Waals surface area contributed by atoms with E-state index in [-0.39, 0.29) is 11.3 Å². The van der Waals surface area contributed by atoms with E-state index in [1.165, 1.54) is 23.9 Å². The molecule has 0 heterocycles. The third-order valence-corrected chi connectivity index (χ3v) is 5.49. The predicted octanol–water partition coefficient (Wildman–Crippen LogP) is 5.91. The first-order chi connectivity index (χ1) is 14.9. The number of aryl methyl sites for hydroxylation is 2. The number of nitrogens with one attached hydrogen (secondary N) is 1. The molecule has 3 rings (SSSR count). The van der Waals surface area contributed by atoms with Crippen molar-refractivity contribution in [1.82, 2.24) is 0 Å². The Balaban J connectivity index is 1.85. The fraction of sp³-hybridized carbons (Fsp3) is 0.0833. The van der Waals surface area contributed by atoms with Gasteiger partial charge in [0, 0.05) is 16.6 Å². The zero-order chi connectivity index (χ0) is 22.4. The van der Waals surface area contributed by atoms with E-state index in [9.17, 15) is 20.2 Å². The normalized spacial score (nSPS) is 10.9. The van der Waals surface area contributed by atoms with E-state index >= 15 is 0 Å². The monoisotopic (exact) mass is 429 g/mol. The van der Waals surface area contributed by atoms with Gasteiger partial charge in [0.05, 0.1) is 9.82 Å². The summed E-state index contributed by atoms with van der Waals surface area (Å²) in [6, 6.07) is 21.4. The zero-order valence-corrected chi connectivity index (χ0v) is 17.8. The minimum Gasteiger partial charge on any atom is -0.321 e. The van der Waals surface area contributed by atoms with Crippen LogP contribution in [0, 0.1) is 35.3 Å². The fourth-order valence-electron chi connectivity index (χ4n) is 2.74. The molecular formula is C24H19N3O3S. The third kappa shape index (κ3) is 5.81. The molecule has 0 bridgehead atoms. The third-order valence-electron chi connectivity index (χ3n) is 4.41. The quantitative estimate of drug-likeness (QED) is 0.227. The van der Waals surface area contributed by atoms with Crippen molar-refractivity contribution in [3.8, 4) is 6.07 Å². The summed E-state index contributed by atoms with van der Waals surface area (Å²) in [5, 5.41) is 23.7. The Morgan fingerprint density at radius 2 is 1.65 bits per heavy atom. The topological polar surface area (TPSA) is 96.0 Å². The second kappa shape index (κ2) is 9.74. The Hall–Kier alpha value is -3.89. The number of rotatable bonds is 6. The lowest BCUT2D eigenvalue weighted by molar-refractivity contribution is -0.387. The molecule has 0 spiro atoms. The van der Waals surface area contributed by atoms with Crippen LogP contribution in [-0.4, -0.2) is 10.8 Å². The summed E-state index contributed by atoms with van der Waals surface area (Å²) in [6.45, 7) is 3.90. The first kappa shape index (κ1) is 21.8. The first-order valence-electron chi connectivity index (χ1n) is 9.38. The minimum absolute atomic E-state index is 0.0874. The summed E-state index contributed by atoms with van der Waals surface area (Å²) in [7, 11) is 0. The van der Waals surface area contributed by atoms with E-state index in [2.05, 4.69) is 5.32 Å². The highest BCUT2D eigenvalue weighted by atomic mass is 32.2. The average molecular weight is 430 g/mol. The van der Waals surface area contributed by atoms with Gasteiger partial charge >= 0.3 is 0 Å². The molecule has 3 aromatic rings. The summed E-state index contributed by atoms with van der Waals surface area (Å²) in [6.07, 6.45) is 1.34. The molecule has 0 aliphatic carbocycles. The van der Waals surface area contributed by atoms with E-state index < -0.39 is 10.8 Å². The van der Waals surface area contributed by atoms with Gasteiger partial charge in [-0.25, -0.2) is 0 Å². The minimum atomic E-state index is -0.577. The van der Waals surface area contributed by atoms with Gasteiger partial charge in [-0.1, -0.05) is 53.2 Å². The molecule has 31 heavy (non-hydrogen) atoms. The number of anilines is 1. The second-order valence-corrected chi connectivity index (χ2v) is 8.00. The molecule has 0 aliphatic heterocycles. The smallest absolute Gasteiger partial charge is 0.283 e. The van der Waals surface area contributed by atoms with Crippen LogP contribution in [0.25, 0.3) is 6.08 Å². The van der Waals surface area contributed by atoms with E-state index in [0.29, 0.717) is 16.1 Å². The van der Waals surface area contributed by atoms with Crippen molar-refractivity contribution in [3.05, 3.63) is 99.1 Å². The van der Waals surface area contributed by atoms with Crippen LogP contribution in [-0.2, 0) is 4.79 Å². The molecule has 0 aliphatic rings. The maximum atomic E-state index is 12.4. The highest BCUT2D eigenvalue weighted by molar-refractivity contribution is 7.99. The average Bonchev–Trinajstić information content (AvgIpc) is 2.75. The fourth-order valence-corrected chi connectivity index (χ4v) is 3.64. The van der Waals surface area contributed by atoms with Crippen LogP contribution in [0.3, 0.4) is 0 Å². The SMILES string of the molecule is Cc1ccc(NC(=O)/C(C#N)=C/c2ccc(Sc3ccc(C)cc3)c([N+](=O)[O-])c2)cc1. The Morgan fingerprint density at radius 3 is 2.23 bits per heavy atom. The van der Waals surface area contributed by atoms with Crippen LogP contribution >= 0.6 is 11.8 Å². The summed E-state index contributed by atoms with van der Waals surface area (Å²) in [4.78, 5) is 24.9. The molecule has 1 N–H and O–H groups in total. The number of carbonyl (C=O) groups is 1. The number of nitro groups is 1. The Bertz CT molecular complexity index is 1190. The molecule has 3 aromatic carbocycles. The summed E-state index contributed by atoms with van der Waals surface area (Å²) in [5.41, 5.74) is 2.88. The lowest BCUT2D eigenvalue weighted by Crippen LogP contribution is -2.13. The zero-order valence-electron chi connectivity index (χ0n) is 17.0. The van der Waals surface area contributed by atoms with Crippen molar-refractivity contribution < 1.29 is 9.72 Å². The van der Waals surface area contributed by atoms with Crippen molar-refractivity contribution in [2.45, 2.75) is 23.6 Å². The van der Waals surface area contributed by atoms with Gasteiger partial charge in [0.25, 0.3) is 11.6 Å². The Kier molecular flexibility index (Phi) is 6.85. The van der Waals surface area contributed by atoms with Gasteiger partial charge in [0.2, 0.25) is 0 Å². The molecule has 6 nitrogen and oxygen atoms in total. The number of hydrogen-bond donors (Lipinski definition) is 1. The van der Waals surface area contributed by atoms with E-state index in [4.69, 9.17) is 0 Å². The molecule has 0 saturated heterocycles. The maximum Gasteiger partial charge on any atom is 0.283 e. The van der Waals surface area contributed by atoms with Crippen LogP contribution in [0.2, 0.25) is 0 Å². The van der Waals surface area contributed by atoms with Crippen LogP contribution < -0.4 is 5.32 Å². The van der Waals surface area contributed by atoms with Crippen molar-refractivity contribution in [2.75, 3.05) is 5.32 Å². The number of benzene rings is 3. The van der Waals surface area contributed by atoms with Gasteiger partial charge in [-0.2, -0.15) is 5.26 Å². The summed E-state index contributed by atoms with van der Waals surface area (Å²) < 4.78 is 0. The number of nitro benzene ring substituents is 1. The number of nitrogens with zero attached hydrogens (tertiary/aromatic N) is 2. The van der Waals surface area contributed by atoms with Gasteiger partial charge < -0.3 is 5.32 Å². The number of carbonyl (C=O) groups excluding carboxylic acids is 1. The maximum absolute atomic E-state index is 12.4. The van der Waals surface area contributed by atoms with E-state index in [0.717, 1.165) is 16.0 Å². The van der Waals surface area contributed by atoms with Crippen LogP contribution in [0.1, 0.15) is 16.7 Å². The molecular weight excluding hydrogens is 410 g/mol. The standard InChI is InChI=1S/C24H19N3O3S/c1-16-3-8-20(9-4-16)26-24(28)19(15-25)13-18-7-12-23(22(14-18)27(29)30)31-21-10-5-17(2)6-11-21/h3-14H,1-2H3,(H,26,28)/b19-13+. The molecule has 0 radical (unpaired) electrons. The number of nitriles is 1.